The molecule has 1 aliphatic heterocycles. The number of nitrogens with one attached hydrogen (secondary N) is 1. The summed E-state index contributed by atoms with van der Waals surface area (Å²) in [6.45, 7) is 7.36. The highest BCUT2D eigenvalue weighted by Crippen LogP contribution is 2.40. The van der Waals surface area contributed by atoms with E-state index in [1.165, 1.54) is 7.11 Å². The molecular weight excluding hydrogens is 360 g/mol. The number of amides is 1. The smallest absolute Gasteiger partial charge is 0.287 e. The number of methoxy groups -OCH3 is 1. The fourth-order valence-corrected chi connectivity index (χ4v) is 3.86. The molecule has 8 heteroatoms. The minimum absolute atomic E-state index is 0.0163. The molecule has 2 aromatic heterocycles. The summed E-state index contributed by atoms with van der Waals surface area (Å²) in [4.78, 5) is 24.2. The van der Waals surface area contributed by atoms with Gasteiger partial charge in [0, 0.05) is 30.9 Å². The topological polar surface area (TPSA) is 89.7 Å². The van der Waals surface area contributed by atoms with Crippen molar-refractivity contribution in [1.29, 1.82) is 0 Å². The van der Waals surface area contributed by atoms with Gasteiger partial charge in [0.05, 0.1) is 32.1 Å². The minimum Gasteiger partial charge on any atom is -0.468 e. The Bertz CT molecular complexity index is 858. The molecule has 2 aromatic rings. The first-order valence-electron chi connectivity index (χ1n) is 9.58. The first-order valence-corrected chi connectivity index (χ1v) is 9.58. The van der Waals surface area contributed by atoms with Gasteiger partial charge in [0.1, 0.15) is 0 Å². The number of carbonyl (C=O) groups is 1. The highest BCUT2D eigenvalue weighted by molar-refractivity contribution is 5.91. The van der Waals surface area contributed by atoms with Gasteiger partial charge in [-0.3, -0.25) is 4.79 Å². The van der Waals surface area contributed by atoms with Crippen LogP contribution in [-0.2, 0) is 11.2 Å². The summed E-state index contributed by atoms with van der Waals surface area (Å²) in [7, 11) is 1.50. The van der Waals surface area contributed by atoms with E-state index in [2.05, 4.69) is 29.0 Å². The van der Waals surface area contributed by atoms with Crippen molar-refractivity contribution in [2.75, 3.05) is 38.3 Å². The number of aromatic nitrogens is 2. The molecule has 1 saturated heterocycles. The fraction of sp³-hybridized carbons (Fsp3) is 0.550. The SMILES string of the molecule is COc1ccc(C(=O)NC2CC(C)(C)Cc3nc(N4CCOCC4)ncc32)o1. The van der Waals surface area contributed by atoms with Crippen molar-refractivity contribution in [2.24, 2.45) is 5.41 Å². The lowest BCUT2D eigenvalue weighted by molar-refractivity contribution is 0.0884. The monoisotopic (exact) mass is 386 g/mol. The van der Waals surface area contributed by atoms with Gasteiger partial charge in [0.2, 0.25) is 5.95 Å². The maximum Gasteiger partial charge on any atom is 0.287 e. The zero-order valence-corrected chi connectivity index (χ0v) is 16.5. The molecule has 3 heterocycles. The second-order valence-electron chi connectivity index (χ2n) is 8.07. The summed E-state index contributed by atoms with van der Waals surface area (Å²) in [6.07, 6.45) is 3.52. The van der Waals surface area contributed by atoms with Crippen molar-refractivity contribution in [2.45, 2.75) is 32.7 Å². The van der Waals surface area contributed by atoms with E-state index < -0.39 is 0 Å². The average molecular weight is 386 g/mol. The number of fused-ring (bicyclic) bond motifs is 1. The third kappa shape index (κ3) is 3.82. The first-order chi connectivity index (χ1) is 13.4. The van der Waals surface area contributed by atoms with Gasteiger partial charge < -0.3 is 24.1 Å². The van der Waals surface area contributed by atoms with Crippen molar-refractivity contribution in [1.82, 2.24) is 15.3 Å². The molecule has 4 rings (SSSR count). The van der Waals surface area contributed by atoms with Crippen LogP contribution >= 0.6 is 0 Å². The van der Waals surface area contributed by atoms with Gasteiger partial charge in [-0.25, -0.2) is 9.97 Å². The van der Waals surface area contributed by atoms with Crippen LogP contribution in [0.5, 0.6) is 5.95 Å². The van der Waals surface area contributed by atoms with Crippen LogP contribution in [0, 0.1) is 5.41 Å². The molecule has 150 valence electrons. The number of morpholine rings is 1. The van der Waals surface area contributed by atoms with E-state index in [1.54, 1.807) is 12.1 Å². The standard InChI is InChI=1S/C20H26N4O4/c1-20(2)10-14(22-18(25)16-4-5-17(26-3)28-16)13-12-21-19(23-15(13)11-20)24-6-8-27-9-7-24/h4-5,12,14H,6-11H2,1-3H3,(H,22,25). The Balaban J connectivity index is 1.58. The van der Waals surface area contributed by atoms with Crippen LogP contribution in [0.4, 0.5) is 5.95 Å². The van der Waals surface area contributed by atoms with E-state index in [0.717, 1.165) is 43.1 Å². The van der Waals surface area contributed by atoms with E-state index in [1.807, 2.05) is 6.20 Å². The quantitative estimate of drug-likeness (QED) is 0.863. The molecule has 1 amide bonds. The molecule has 1 atom stereocenters. The summed E-state index contributed by atoms with van der Waals surface area (Å²) in [5.74, 6) is 1.01. The lowest BCUT2D eigenvalue weighted by atomic mass is 9.74. The van der Waals surface area contributed by atoms with Crippen LogP contribution in [0.15, 0.2) is 22.7 Å². The molecule has 0 saturated carbocycles. The Hall–Kier alpha value is -2.61. The lowest BCUT2D eigenvalue weighted by Gasteiger charge is -2.37. The molecule has 0 aromatic carbocycles. The summed E-state index contributed by atoms with van der Waals surface area (Å²) >= 11 is 0. The van der Waals surface area contributed by atoms with Crippen LogP contribution in [0.2, 0.25) is 0 Å². The fourth-order valence-electron chi connectivity index (χ4n) is 3.86. The molecule has 1 fully saturated rings. The second-order valence-corrected chi connectivity index (χ2v) is 8.07. The van der Waals surface area contributed by atoms with Crippen LogP contribution in [0.25, 0.3) is 0 Å². The van der Waals surface area contributed by atoms with Crippen molar-refractivity contribution in [3.05, 3.63) is 35.3 Å². The van der Waals surface area contributed by atoms with Gasteiger partial charge in [0.25, 0.3) is 11.9 Å². The molecule has 1 aliphatic carbocycles. The number of furan rings is 1. The van der Waals surface area contributed by atoms with Gasteiger partial charge in [0.15, 0.2) is 5.76 Å². The third-order valence-electron chi connectivity index (χ3n) is 5.27. The van der Waals surface area contributed by atoms with Crippen LogP contribution in [0.3, 0.4) is 0 Å². The largest absolute Gasteiger partial charge is 0.468 e. The molecule has 28 heavy (non-hydrogen) atoms. The predicted molar refractivity (Wildman–Crippen MR) is 103 cm³/mol. The third-order valence-corrected chi connectivity index (χ3v) is 5.27. The van der Waals surface area contributed by atoms with Crippen LogP contribution in [0.1, 0.15) is 48.1 Å². The molecular formula is C20H26N4O4. The number of hydrogen-bond donors (Lipinski definition) is 1. The molecule has 1 N–H and O–H groups in total. The zero-order chi connectivity index (χ0) is 19.7. The Labute approximate surface area is 164 Å². The number of ether oxygens (including phenoxy) is 2. The summed E-state index contributed by atoms with van der Waals surface area (Å²) in [6, 6.07) is 3.08. The highest BCUT2D eigenvalue weighted by atomic mass is 16.6. The molecule has 8 nitrogen and oxygen atoms in total. The lowest BCUT2D eigenvalue weighted by Crippen LogP contribution is -2.39. The molecule has 0 radical (unpaired) electrons. The summed E-state index contributed by atoms with van der Waals surface area (Å²) in [5, 5.41) is 3.08. The maximum atomic E-state index is 12.7. The van der Waals surface area contributed by atoms with Crippen molar-refractivity contribution < 1.29 is 18.7 Å². The zero-order valence-electron chi connectivity index (χ0n) is 16.5. The first kappa shape index (κ1) is 18.7. The maximum absolute atomic E-state index is 12.7. The van der Waals surface area contributed by atoms with Gasteiger partial charge in [-0.2, -0.15) is 0 Å². The highest BCUT2D eigenvalue weighted by Gasteiger charge is 2.35. The van der Waals surface area contributed by atoms with E-state index in [9.17, 15) is 4.79 Å². The number of nitrogens with zero attached hydrogens (tertiary/aromatic N) is 3. The molecule has 1 unspecified atom stereocenters. The van der Waals surface area contributed by atoms with E-state index in [0.29, 0.717) is 19.2 Å². The van der Waals surface area contributed by atoms with Gasteiger partial charge in [-0.15, -0.1) is 0 Å². The van der Waals surface area contributed by atoms with Crippen molar-refractivity contribution in [3.8, 4) is 5.95 Å². The number of hydrogen-bond acceptors (Lipinski definition) is 7. The summed E-state index contributed by atoms with van der Waals surface area (Å²) in [5.41, 5.74) is 1.99. The summed E-state index contributed by atoms with van der Waals surface area (Å²) < 4.78 is 15.8. The Morgan fingerprint density at radius 3 is 2.82 bits per heavy atom. The van der Waals surface area contributed by atoms with E-state index in [-0.39, 0.29) is 23.1 Å². The molecule has 0 spiro atoms. The predicted octanol–water partition coefficient (Wildman–Crippen LogP) is 2.36. The second kappa shape index (κ2) is 7.43. The van der Waals surface area contributed by atoms with E-state index in [4.69, 9.17) is 18.9 Å². The number of carbonyl (C=O) groups excluding carboxylic acids is 1. The molecule has 2 aliphatic rings. The Morgan fingerprint density at radius 1 is 1.32 bits per heavy atom. The van der Waals surface area contributed by atoms with Crippen LogP contribution in [-0.4, -0.2) is 49.3 Å². The van der Waals surface area contributed by atoms with Gasteiger partial charge in [-0.05, 0) is 24.3 Å². The minimum atomic E-state index is -0.269. The van der Waals surface area contributed by atoms with Gasteiger partial charge >= 0.3 is 0 Å². The van der Waals surface area contributed by atoms with Crippen molar-refractivity contribution >= 4 is 11.9 Å². The molecule has 0 bridgehead atoms. The Morgan fingerprint density at radius 2 is 2.11 bits per heavy atom. The van der Waals surface area contributed by atoms with Gasteiger partial charge in [-0.1, -0.05) is 13.8 Å². The Kier molecular flexibility index (Phi) is 4.97. The normalized spacial score (nSPS) is 21.1. The van der Waals surface area contributed by atoms with Crippen LogP contribution < -0.4 is 15.0 Å². The van der Waals surface area contributed by atoms with E-state index >= 15 is 0 Å². The number of anilines is 1. The number of rotatable bonds is 4. The average Bonchev–Trinajstić information content (AvgIpc) is 3.17. The van der Waals surface area contributed by atoms with Crippen molar-refractivity contribution in [3.63, 3.8) is 0 Å².